The van der Waals surface area contributed by atoms with E-state index in [2.05, 4.69) is 15.0 Å². The molecule has 2 aromatic heterocycles. The van der Waals surface area contributed by atoms with Crippen LogP contribution in [0.3, 0.4) is 0 Å². The Hall–Kier alpha value is -1.79. The summed E-state index contributed by atoms with van der Waals surface area (Å²) in [4.78, 5) is 22.9. The lowest BCUT2D eigenvalue weighted by atomic mass is 9.71. The highest BCUT2D eigenvalue weighted by Gasteiger charge is 2.71. The molecule has 0 radical (unpaired) electrons. The van der Waals surface area contributed by atoms with Gasteiger partial charge in [-0.15, -0.1) is 0 Å². The molecular weight excluding hydrogens is 370 g/mol. The largest absolute Gasteiger partial charge is 0.394 e. The summed E-state index contributed by atoms with van der Waals surface area (Å²) in [6.07, 6.45) is -0.974. The zero-order chi connectivity index (χ0) is 20.4. The van der Waals surface area contributed by atoms with Gasteiger partial charge in [-0.25, -0.2) is 4.98 Å². The summed E-state index contributed by atoms with van der Waals surface area (Å²) < 4.78 is 7.70. The first kappa shape index (κ1) is 20.0. The van der Waals surface area contributed by atoms with E-state index in [1.807, 2.05) is 13.1 Å². The van der Waals surface area contributed by atoms with Crippen LogP contribution < -0.4 is 11.3 Å². The summed E-state index contributed by atoms with van der Waals surface area (Å²) in [7, 11) is -2.02. The molecule has 4 atom stereocenters. The second kappa shape index (κ2) is 6.11. The molecule has 10 nitrogen and oxygen atoms in total. The smallest absolute Gasteiger partial charge is 0.280 e. The molecule has 11 heteroatoms. The average Bonchev–Trinajstić information content (AvgIpc) is 3.07. The predicted octanol–water partition coefficient (Wildman–Crippen LogP) is -1.09. The monoisotopic (exact) mass is 397 g/mol. The minimum atomic E-state index is -2.02. The molecule has 3 rings (SSSR count). The number of nitrogens with two attached hydrogens (primary N) is 1. The van der Waals surface area contributed by atoms with Crippen molar-refractivity contribution in [3.63, 3.8) is 0 Å². The van der Waals surface area contributed by atoms with Crippen molar-refractivity contribution >= 4 is 25.9 Å². The lowest BCUT2D eigenvalue weighted by Gasteiger charge is -2.51. The van der Waals surface area contributed by atoms with Crippen molar-refractivity contribution in [2.24, 2.45) is 5.41 Å². The van der Waals surface area contributed by atoms with Gasteiger partial charge in [0.05, 0.1) is 12.9 Å². The molecule has 6 N–H and O–H groups in total. The van der Waals surface area contributed by atoms with Crippen LogP contribution in [0.25, 0.3) is 11.2 Å². The van der Waals surface area contributed by atoms with Gasteiger partial charge in [0.15, 0.2) is 16.5 Å². The van der Waals surface area contributed by atoms with E-state index in [9.17, 15) is 20.1 Å². The summed E-state index contributed by atoms with van der Waals surface area (Å²) in [6, 6.07) is 0. The average molecular weight is 398 g/mol. The Labute approximate surface area is 157 Å². The third-order valence-electron chi connectivity index (χ3n) is 5.55. The van der Waals surface area contributed by atoms with Gasteiger partial charge in [0.1, 0.15) is 26.6 Å². The lowest BCUT2D eigenvalue weighted by Crippen LogP contribution is -2.69. The molecule has 0 aromatic carbocycles. The SMILES string of the molecule is C[SiH](C)[C@@]1(n2cnc3c(=O)[nH]c(N)nc32)O[C@H](CO)[C@@H](O)[C@]1(O)C(C)(C)C. The van der Waals surface area contributed by atoms with Gasteiger partial charge >= 0.3 is 0 Å². The molecule has 1 aliphatic rings. The second-order valence-corrected chi connectivity index (χ2v) is 11.5. The number of aromatic amines is 1. The molecule has 27 heavy (non-hydrogen) atoms. The van der Waals surface area contributed by atoms with Crippen molar-refractivity contribution in [3.8, 4) is 0 Å². The molecule has 0 unspecified atom stereocenters. The third kappa shape index (κ3) is 2.42. The molecule has 1 fully saturated rings. The van der Waals surface area contributed by atoms with Crippen molar-refractivity contribution in [2.45, 2.75) is 57.0 Å². The zero-order valence-corrected chi connectivity index (χ0v) is 17.2. The Balaban J connectivity index is 2.42. The number of fused-ring (bicyclic) bond motifs is 1. The third-order valence-corrected chi connectivity index (χ3v) is 7.97. The molecule has 1 aliphatic heterocycles. The normalized spacial score (nSPS) is 31.9. The van der Waals surface area contributed by atoms with Gasteiger partial charge in [-0.2, -0.15) is 4.98 Å². The van der Waals surface area contributed by atoms with Gasteiger partial charge in [0, 0.05) is 0 Å². The molecule has 1 saturated heterocycles. The number of aliphatic hydroxyl groups is 3. The van der Waals surface area contributed by atoms with Gasteiger partial charge in [0.25, 0.3) is 5.56 Å². The van der Waals surface area contributed by atoms with Crippen molar-refractivity contribution in [2.75, 3.05) is 12.3 Å². The minimum Gasteiger partial charge on any atom is -0.394 e. The van der Waals surface area contributed by atoms with Crippen LogP contribution in [0.15, 0.2) is 11.1 Å². The predicted molar refractivity (Wildman–Crippen MR) is 102 cm³/mol. The van der Waals surface area contributed by atoms with E-state index in [4.69, 9.17) is 10.5 Å². The summed E-state index contributed by atoms with van der Waals surface area (Å²) in [6.45, 7) is 8.80. The fourth-order valence-corrected chi connectivity index (χ4v) is 6.92. The first-order valence-electron chi connectivity index (χ1n) is 8.84. The molecule has 2 aromatic rings. The van der Waals surface area contributed by atoms with Crippen LogP contribution in [0.5, 0.6) is 0 Å². The zero-order valence-electron chi connectivity index (χ0n) is 16.1. The molecule has 3 heterocycles. The van der Waals surface area contributed by atoms with E-state index >= 15 is 0 Å². The maximum absolute atomic E-state index is 12.2. The summed E-state index contributed by atoms with van der Waals surface area (Å²) in [5.41, 5.74) is 2.81. The lowest BCUT2D eigenvalue weighted by molar-refractivity contribution is -0.195. The summed E-state index contributed by atoms with van der Waals surface area (Å²) in [5, 5.41) is 31.2. The first-order chi connectivity index (χ1) is 12.4. The van der Waals surface area contributed by atoms with Crippen LogP contribution in [0, 0.1) is 5.41 Å². The van der Waals surface area contributed by atoms with Gasteiger partial charge in [0.2, 0.25) is 5.95 Å². The van der Waals surface area contributed by atoms with Gasteiger partial charge < -0.3 is 25.8 Å². The minimum absolute atomic E-state index is 0.0556. The number of H-pyrrole nitrogens is 1. The van der Waals surface area contributed by atoms with Crippen molar-refractivity contribution < 1.29 is 20.1 Å². The molecule has 150 valence electrons. The van der Waals surface area contributed by atoms with E-state index < -0.39 is 49.5 Å². The number of anilines is 1. The van der Waals surface area contributed by atoms with Gasteiger partial charge in [-0.05, 0) is 5.41 Å². The van der Waals surface area contributed by atoms with E-state index in [1.165, 1.54) is 10.9 Å². The fraction of sp³-hybridized carbons (Fsp3) is 0.688. The summed E-state index contributed by atoms with van der Waals surface area (Å²) in [5.74, 6) is -0.0913. The van der Waals surface area contributed by atoms with Crippen LogP contribution in [-0.2, 0) is 10.1 Å². The number of imidazole rings is 1. The van der Waals surface area contributed by atoms with Crippen LogP contribution >= 0.6 is 0 Å². The number of hydrogen-bond donors (Lipinski definition) is 5. The van der Waals surface area contributed by atoms with E-state index in [-0.39, 0.29) is 17.1 Å². The highest BCUT2D eigenvalue weighted by molar-refractivity contribution is 6.58. The Kier molecular flexibility index (Phi) is 4.51. The highest BCUT2D eigenvalue weighted by Crippen LogP contribution is 2.54. The Morgan fingerprint density at radius 1 is 1.44 bits per heavy atom. The summed E-state index contributed by atoms with van der Waals surface area (Å²) >= 11 is 0. The van der Waals surface area contributed by atoms with Crippen LogP contribution in [0.4, 0.5) is 5.95 Å². The first-order valence-corrected chi connectivity index (χ1v) is 11.7. The Bertz CT molecular complexity index is 922. The van der Waals surface area contributed by atoms with Gasteiger partial charge in [-0.3, -0.25) is 14.3 Å². The Morgan fingerprint density at radius 3 is 2.59 bits per heavy atom. The van der Waals surface area contributed by atoms with E-state index in [0.717, 1.165) is 0 Å². The standard InChI is InChI=1S/C16H27N5O5Si/c1-14(2,3)15(25)10(23)8(6-22)26-16(15,27(4)5)21-7-18-9-11(21)19-13(17)20-12(9)24/h7-8,10,22-23,25,27H,6H2,1-5H3,(H3,17,19,20,24)/t8-,10-,15+,16+/m1/s1. The van der Waals surface area contributed by atoms with Crippen molar-refractivity contribution in [3.05, 3.63) is 16.7 Å². The van der Waals surface area contributed by atoms with Crippen LogP contribution in [0.1, 0.15) is 20.8 Å². The molecule has 0 saturated carbocycles. The molecule has 0 amide bonds. The molecule has 0 spiro atoms. The maximum atomic E-state index is 12.2. The second-order valence-electron chi connectivity index (χ2n) is 8.39. The van der Waals surface area contributed by atoms with E-state index in [1.54, 1.807) is 20.8 Å². The number of hydrogen-bond acceptors (Lipinski definition) is 8. The van der Waals surface area contributed by atoms with Crippen molar-refractivity contribution in [1.82, 2.24) is 19.5 Å². The van der Waals surface area contributed by atoms with Crippen LogP contribution in [0.2, 0.25) is 13.1 Å². The topological polar surface area (TPSA) is 160 Å². The van der Waals surface area contributed by atoms with E-state index in [0.29, 0.717) is 0 Å². The molecule has 0 bridgehead atoms. The fourth-order valence-electron chi connectivity index (χ4n) is 4.25. The number of ether oxygens (including phenoxy) is 1. The number of rotatable bonds is 3. The maximum Gasteiger partial charge on any atom is 0.280 e. The van der Waals surface area contributed by atoms with Gasteiger partial charge in [-0.1, -0.05) is 33.9 Å². The number of nitrogens with one attached hydrogen (secondary N) is 1. The number of nitrogen functional groups attached to an aromatic ring is 1. The number of nitrogens with zero attached hydrogens (tertiary/aromatic N) is 3. The van der Waals surface area contributed by atoms with Crippen LogP contribution in [-0.4, -0.2) is 68.1 Å². The molecule has 0 aliphatic carbocycles. The highest BCUT2D eigenvalue weighted by atomic mass is 28.3. The number of aromatic nitrogens is 4. The quantitative estimate of drug-likeness (QED) is 0.408. The molecular formula is C16H27N5O5Si. The van der Waals surface area contributed by atoms with Crippen molar-refractivity contribution in [1.29, 1.82) is 0 Å². The Morgan fingerprint density at radius 2 is 2.07 bits per heavy atom. The number of aliphatic hydroxyl groups excluding tert-OH is 2.